The van der Waals surface area contributed by atoms with Crippen LogP contribution < -0.4 is 4.90 Å². The topological polar surface area (TPSA) is 84.9 Å². The van der Waals surface area contributed by atoms with E-state index in [1.807, 2.05) is 32.7 Å². The monoisotopic (exact) mass is 370 g/mol. The van der Waals surface area contributed by atoms with Gasteiger partial charge in [-0.1, -0.05) is 11.6 Å². The van der Waals surface area contributed by atoms with E-state index in [9.17, 15) is 9.59 Å². The standard InChI is InChI=1S/C16H23ClN4O4/c1-16(2,3)25-15(23)21-7-6-10(9-21)20(4)11-8-12(17)18-19-13(11)14(22)24-5/h8,10H,6-7,9H2,1-5H3. The number of carbonyl (C=O) groups is 2. The van der Waals surface area contributed by atoms with E-state index in [4.69, 9.17) is 21.1 Å². The number of ether oxygens (including phenoxy) is 2. The number of esters is 1. The first kappa shape index (κ1) is 19.2. The van der Waals surface area contributed by atoms with Crippen LogP contribution in [0.2, 0.25) is 5.15 Å². The lowest BCUT2D eigenvalue weighted by Gasteiger charge is -2.28. The molecular formula is C16H23ClN4O4. The van der Waals surface area contributed by atoms with E-state index in [1.54, 1.807) is 11.0 Å². The molecule has 1 saturated heterocycles. The molecule has 0 aliphatic carbocycles. The van der Waals surface area contributed by atoms with Gasteiger partial charge in [-0.15, -0.1) is 10.2 Å². The molecule has 1 aliphatic heterocycles. The van der Waals surface area contributed by atoms with Crippen molar-refractivity contribution in [2.45, 2.75) is 38.8 Å². The summed E-state index contributed by atoms with van der Waals surface area (Å²) in [7, 11) is 3.10. The molecule has 2 heterocycles. The number of aromatic nitrogens is 2. The second kappa shape index (κ2) is 7.43. The minimum Gasteiger partial charge on any atom is -0.464 e. The molecule has 1 fully saturated rings. The Morgan fingerprint density at radius 2 is 2.04 bits per heavy atom. The SMILES string of the molecule is COC(=O)c1nnc(Cl)cc1N(C)C1CCN(C(=O)OC(C)(C)C)C1. The van der Waals surface area contributed by atoms with Crippen molar-refractivity contribution in [2.24, 2.45) is 0 Å². The summed E-state index contributed by atoms with van der Waals surface area (Å²) < 4.78 is 10.2. The van der Waals surface area contributed by atoms with Crippen molar-refractivity contribution >= 4 is 29.4 Å². The van der Waals surface area contributed by atoms with Crippen molar-refractivity contribution in [3.63, 3.8) is 0 Å². The maximum Gasteiger partial charge on any atom is 0.410 e. The van der Waals surface area contributed by atoms with Crippen LogP contribution in [0.25, 0.3) is 0 Å². The first-order valence-corrected chi connectivity index (χ1v) is 8.32. The fourth-order valence-corrected chi connectivity index (χ4v) is 2.76. The van der Waals surface area contributed by atoms with Gasteiger partial charge in [-0.25, -0.2) is 9.59 Å². The zero-order chi connectivity index (χ0) is 18.8. The predicted molar refractivity (Wildman–Crippen MR) is 93.0 cm³/mol. The van der Waals surface area contributed by atoms with Gasteiger partial charge in [0.25, 0.3) is 0 Å². The largest absolute Gasteiger partial charge is 0.464 e. The van der Waals surface area contributed by atoms with Crippen LogP contribution in [0.15, 0.2) is 6.07 Å². The van der Waals surface area contributed by atoms with Crippen LogP contribution in [0, 0.1) is 0 Å². The van der Waals surface area contributed by atoms with Crippen molar-refractivity contribution < 1.29 is 19.1 Å². The highest BCUT2D eigenvalue weighted by molar-refractivity contribution is 6.29. The number of methoxy groups -OCH3 is 1. The number of nitrogens with zero attached hydrogens (tertiary/aromatic N) is 4. The molecule has 1 aromatic rings. The van der Waals surface area contributed by atoms with Gasteiger partial charge in [0.2, 0.25) is 0 Å². The van der Waals surface area contributed by atoms with Gasteiger partial charge in [0.1, 0.15) is 5.60 Å². The Hall–Kier alpha value is -2.09. The summed E-state index contributed by atoms with van der Waals surface area (Å²) in [6.07, 6.45) is 0.388. The number of hydrogen-bond donors (Lipinski definition) is 0. The van der Waals surface area contributed by atoms with E-state index in [2.05, 4.69) is 10.2 Å². The molecule has 0 N–H and O–H groups in total. The molecule has 1 aromatic heterocycles. The first-order valence-electron chi connectivity index (χ1n) is 7.94. The number of halogens is 1. The molecule has 0 aromatic carbocycles. The van der Waals surface area contributed by atoms with Gasteiger partial charge in [0.15, 0.2) is 10.8 Å². The Kier molecular flexibility index (Phi) is 5.72. The molecule has 2 rings (SSSR count). The van der Waals surface area contributed by atoms with E-state index < -0.39 is 11.6 Å². The second-order valence-electron chi connectivity index (χ2n) is 6.87. The molecule has 0 saturated carbocycles. The maximum atomic E-state index is 12.2. The van der Waals surface area contributed by atoms with Crippen LogP contribution in [0.1, 0.15) is 37.7 Å². The van der Waals surface area contributed by atoms with Crippen LogP contribution in [0.4, 0.5) is 10.5 Å². The zero-order valence-corrected chi connectivity index (χ0v) is 15.8. The van der Waals surface area contributed by atoms with Gasteiger partial charge in [0.05, 0.1) is 12.8 Å². The molecule has 0 bridgehead atoms. The van der Waals surface area contributed by atoms with E-state index in [1.165, 1.54) is 7.11 Å². The third kappa shape index (κ3) is 4.72. The Bertz CT molecular complexity index is 662. The van der Waals surface area contributed by atoms with Crippen LogP contribution >= 0.6 is 11.6 Å². The van der Waals surface area contributed by atoms with Crippen molar-refractivity contribution in [3.05, 3.63) is 16.9 Å². The molecule has 1 unspecified atom stereocenters. The third-order valence-electron chi connectivity index (χ3n) is 3.87. The molecule has 8 nitrogen and oxygen atoms in total. The maximum absolute atomic E-state index is 12.2. The molecule has 25 heavy (non-hydrogen) atoms. The summed E-state index contributed by atoms with van der Waals surface area (Å²) in [5.41, 5.74) is 0.0646. The lowest BCUT2D eigenvalue weighted by molar-refractivity contribution is 0.0292. The Balaban J connectivity index is 2.15. The number of amides is 1. The first-order chi connectivity index (χ1) is 11.6. The zero-order valence-electron chi connectivity index (χ0n) is 15.1. The van der Waals surface area contributed by atoms with Crippen molar-refractivity contribution in [3.8, 4) is 0 Å². The quantitative estimate of drug-likeness (QED) is 0.755. The summed E-state index contributed by atoms with van der Waals surface area (Å²) in [5, 5.41) is 7.72. The van der Waals surface area contributed by atoms with Crippen molar-refractivity contribution in [1.29, 1.82) is 0 Å². The summed E-state index contributed by atoms with van der Waals surface area (Å²) >= 11 is 5.93. The predicted octanol–water partition coefficient (Wildman–Crippen LogP) is 2.36. The minimum absolute atomic E-state index is 0.00353. The molecular weight excluding hydrogens is 348 g/mol. The van der Waals surface area contributed by atoms with E-state index in [0.29, 0.717) is 18.8 Å². The molecule has 0 spiro atoms. The number of likely N-dealkylation sites (tertiary alicyclic amines) is 1. The number of likely N-dealkylation sites (N-methyl/N-ethyl adjacent to an activating group) is 1. The van der Waals surface area contributed by atoms with E-state index in [-0.39, 0.29) is 23.0 Å². The average molecular weight is 371 g/mol. The van der Waals surface area contributed by atoms with Gasteiger partial charge in [-0.3, -0.25) is 0 Å². The summed E-state index contributed by atoms with van der Waals surface area (Å²) in [6.45, 7) is 6.54. The summed E-state index contributed by atoms with van der Waals surface area (Å²) in [6, 6.07) is 1.56. The Morgan fingerprint density at radius 3 is 2.64 bits per heavy atom. The lowest BCUT2D eigenvalue weighted by Crippen LogP contribution is -2.39. The highest BCUT2D eigenvalue weighted by Gasteiger charge is 2.33. The number of rotatable bonds is 3. The average Bonchev–Trinajstić information content (AvgIpc) is 3.02. The Morgan fingerprint density at radius 1 is 1.36 bits per heavy atom. The fraction of sp³-hybridized carbons (Fsp3) is 0.625. The van der Waals surface area contributed by atoms with Crippen molar-refractivity contribution in [1.82, 2.24) is 15.1 Å². The minimum atomic E-state index is -0.590. The Labute approximate surface area is 152 Å². The molecule has 1 atom stereocenters. The van der Waals surface area contributed by atoms with Crippen molar-refractivity contribution in [2.75, 3.05) is 32.1 Å². The van der Waals surface area contributed by atoms with Gasteiger partial charge < -0.3 is 19.3 Å². The molecule has 9 heteroatoms. The van der Waals surface area contributed by atoms with Gasteiger partial charge >= 0.3 is 12.1 Å². The lowest BCUT2D eigenvalue weighted by atomic mass is 10.2. The number of hydrogen-bond acceptors (Lipinski definition) is 7. The van der Waals surface area contributed by atoms with E-state index >= 15 is 0 Å². The fourth-order valence-electron chi connectivity index (χ4n) is 2.62. The van der Waals surface area contributed by atoms with Crippen LogP contribution in [-0.4, -0.2) is 66.0 Å². The van der Waals surface area contributed by atoms with Crippen LogP contribution in [0.5, 0.6) is 0 Å². The smallest absolute Gasteiger partial charge is 0.410 e. The summed E-state index contributed by atoms with van der Waals surface area (Å²) in [4.78, 5) is 27.6. The number of anilines is 1. The van der Waals surface area contributed by atoms with Crippen LogP contribution in [0.3, 0.4) is 0 Å². The highest BCUT2D eigenvalue weighted by Crippen LogP contribution is 2.27. The molecule has 1 aliphatic rings. The highest BCUT2D eigenvalue weighted by atomic mass is 35.5. The molecule has 1 amide bonds. The van der Waals surface area contributed by atoms with E-state index in [0.717, 1.165) is 6.42 Å². The normalized spacial score (nSPS) is 17.4. The van der Waals surface area contributed by atoms with Gasteiger partial charge in [0, 0.05) is 32.2 Å². The summed E-state index contributed by atoms with van der Waals surface area (Å²) in [5.74, 6) is -0.590. The molecule has 138 valence electrons. The second-order valence-corrected chi connectivity index (χ2v) is 7.26. The molecule has 0 radical (unpaired) electrons. The number of carbonyl (C=O) groups excluding carboxylic acids is 2. The van der Waals surface area contributed by atoms with Gasteiger partial charge in [-0.05, 0) is 27.2 Å². The third-order valence-corrected chi connectivity index (χ3v) is 4.05. The van der Waals surface area contributed by atoms with Crippen LogP contribution in [-0.2, 0) is 9.47 Å². The van der Waals surface area contributed by atoms with Gasteiger partial charge in [-0.2, -0.15) is 0 Å².